The largest absolute Gasteiger partial charge is 0.399 e. The third-order valence-corrected chi connectivity index (χ3v) is 4.39. The normalized spacial score (nSPS) is 18.0. The number of nitrogens with two attached hydrogens (primary N) is 1. The summed E-state index contributed by atoms with van der Waals surface area (Å²) in [6, 6.07) is 7.48. The summed E-state index contributed by atoms with van der Waals surface area (Å²) < 4.78 is 8.34. The van der Waals surface area contributed by atoms with Gasteiger partial charge in [0.1, 0.15) is 6.23 Å². The molecule has 1 aliphatic rings. The van der Waals surface area contributed by atoms with Gasteiger partial charge in [-0.05, 0) is 59.5 Å². The van der Waals surface area contributed by atoms with Gasteiger partial charge in [0.05, 0.1) is 6.33 Å². The van der Waals surface area contributed by atoms with E-state index in [1.807, 2.05) is 28.8 Å². The van der Waals surface area contributed by atoms with E-state index in [2.05, 4.69) is 36.2 Å². The van der Waals surface area contributed by atoms with Crippen LogP contribution in [0.2, 0.25) is 0 Å². The van der Waals surface area contributed by atoms with E-state index in [1.54, 1.807) is 6.33 Å². The molecule has 0 radical (unpaired) electrons. The molecule has 0 bridgehead atoms. The molecule has 0 spiro atoms. The van der Waals surface area contributed by atoms with Gasteiger partial charge < -0.3 is 15.8 Å². The van der Waals surface area contributed by atoms with Gasteiger partial charge in [-0.1, -0.05) is 0 Å². The Morgan fingerprint density at radius 1 is 1.21 bits per heavy atom. The number of anilines is 3. The maximum Gasteiger partial charge on any atom is 0.200 e. The molecule has 0 saturated carbocycles. The van der Waals surface area contributed by atoms with Crippen molar-refractivity contribution < 1.29 is 4.74 Å². The molecule has 1 unspecified atom stereocenters. The van der Waals surface area contributed by atoms with Crippen molar-refractivity contribution in [3.63, 3.8) is 0 Å². The van der Waals surface area contributed by atoms with Gasteiger partial charge >= 0.3 is 0 Å². The molecule has 3 heterocycles. The van der Waals surface area contributed by atoms with E-state index in [4.69, 9.17) is 10.5 Å². The minimum Gasteiger partial charge on any atom is -0.399 e. The number of benzene rings is 1. The quantitative estimate of drug-likeness (QED) is 0.525. The molecule has 1 fully saturated rings. The van der Waals surface area contributed by atoms with Crippen molar-refractivity contribution in [2.45, 2.75) is 25.5 Å². The molecule has 1 aliphatic heterocycles. The first-order valence-electron chi connectivity index (χ1n) is 7.85. The van der Waals surface area contributed by atoms with Gasteiger partial charge in [-0.25, -0.2) is 15.0 Å². The van der Waals surface area contributed by atoms with Gasteiger partial charge in [0.15, 0.2) is 17.0 Å². The maximum atomic E-state index is 5.85. The lowest BCUT2D eigenvalue weighted by atomic mass is 10.2. The molecule has 4 rings (SSSR count). The summed E-state index contributed by atoms with van der Waals surface area (Å²) in [7, 11) is 0. The summed E-state index contributed by atoms with van der Waals surface area (Å²) in [5.74, 6) is 0.645. The Kier molecular flexibility index (Phi) is 4.07. The van der Waals surface area contributed by atoms with Crippen LogP contribution >= 0.6 is 15.9 Å². The third-order valence-electron chi connectivity index (χ3n) is 4.03. The Bertz CT molecular complexity index is 857. The molecule has 7 nitrogen and oxygen atoms in total. The van der Waals surface area contributed by atoms with Gasteiger partial charge in [0, 0.05) is 18.0 Å². The topological polar surface area (TPSA) is 90.9 Å². The summed E-state index contributed by atoms with van der Waals surface area (Å²) in [6.45, 7) is 0.771. The molecule has 24 heavy (non-hydrogen) atoms. The second-order valence-corrected chi connectivity index (χ2v) is 6.44. The third kappa shape index (κ3) is 2.94. The number of nitrogens with one attached hydrogen (secondary N) is 1. The van der Waals surface area contributed by atoms with E-state index >= 15 is 0 Å². The molecular formula is C16H17BrN6O. The van der Waals surface area contributed by atoms with E-state index in [0.717, 1.165) is 37.2 Å². The summed E-state index contributed by atoms with van der Waals surface area (Å²) in [6.07, 6.45) is 4.97. The molecule has 1 saturated heterocycles. The van der Waals surface area contributed by atoms with Crippen LogP contribution in [0.4, 0.5) is 17.2 Å². The van der Waals surface area contributed by atoms with Crippen LogP contribution in [0.1, 0.15) is 25.5 Å². The zero-order chi connectivity index (χ0) is 16.5. The highest BCUT2D eigenvalue weighted by Gasteiger charge is 2.21. The van der Waals surface area contributed by atoms with Gasteiger partial charge in [0.25, 0.3) is 0 Å². The Morgan fingerprint density at radius 3 is 2.79 bits per heavy atom. The molecule has 8 heteroatoms. The van der Waals surface area contributed by atoms with Crippen molar-refractivity contribution in [1.29, 1.82) is 0 Å². The van der Waals surface area contributed by atoms with Gasteiger partial charge in [-0.3, -0.25) is 4.57 Å². The Hall–Kier alpha value is -2.19. The average Bonchev–Trinajstić information content (AvgIpc) is 3.01. The standard InChI is InChI=1S/C16H17BrN6O/c17-16-21-14(20-11-6-4-10(18)5-7-11)13-15(22-16)23(9-19-13)12-3-1-2-8-24-12/h4-7,9,12H,1-3,8,18H2,(H,20,21,22). The fourth-order valence-electron chi connectivity index (χ4n) is 2.83. The number of nitrogen functional groups attached to an aromatic ring is 1. The first-order chi connectivity index (χ1) is 11.7. The number of halogens is 1. The number of aromatic nitrogens is 4. The van der Waals surface area contributed by atoms with E-state index < -0.39 is 0 Å². The molecule has 1 atom stereocenters. The molecule has 2 aromatic heterocycles. The number of fused-ring (bicyclic) bond motifs is 1. The highest BCUT2D eigenvalue weighted by molar-refractivity contribution is 9.10. The predicted molar refractivity (Wildman–Crippen MR) is 96.0 cm³/mol. The minimum absolute atomic E-state index is 0.0186. The van der Waals surface area contributed by atoms with Crippen LogP contribution in [0, 0.1) is 0 Å². The zero-order valence-electron chi connectivity index (χ0n) is 12.9. The SMILES string of the molecule is Nc1ccc(Nc2nc(Br)nc3c2ncn3C2CCCCO2)cc1. The number of hydrogen-bond acceptors (Lipinski definition) is 6. The van der Waals surface area contributed by atoms with Crippen molar-refractivity contribution in [2.24, 2.45) is 0 Å². The van der Waals surface area contributed by atoms with Gasteiger partial charge in [-0.15, -0.1) is 0 Å². The highest BCUT2D eigenvalue weighted by atomic mass is 79.9. The lowest BCUT2D eigenvalue weighted by Gasteiger charge is -2.23. The smallest absolute Gasteiger partial charge is 0.200 e. The average molecular weight is 389 g/mol. The van der Waals surface area contributed by atoms with E-state index in [9.17, 15) is 0 Å². The summed E-state index contributed by atoms with van der Waals surface area (Å²) in [5, 5.41) is 3.28. The first-order valence-corrected chi connectivity index (χ1v) is 8.64. The fraction of sp³-hybridized carbons (Fsp3) is 0.312. The number of rotatable bonds is 3. The van der Waals surface area contributed by atoms with Crippen molar-refractivity contribution >= 4 is 44.3 Å². The van der Waals surface area contributed by atoms with E-state index in [-0.39, 0.29) is 6.23 Å². The first kappa shape index (κ1) is 15.3. The van der Waals surface area contributed by atoms with Crippen LogP contribution in [0.15, 0.2) is 35.3 Å². The zero-order valence-corrected chi connectivity index (χ0v) is 14.5. The van der Waals surface area contributed by atoms with E-state index in [1.165, 1.54) is 0 Å². The molecule has 3 aromatic rings. The van der Waals surface area contributed by atoms with Crippen LogP contribution in [0.5, 0.6) is 0 Å². The predicted octanol–water partition coefficient (Wildman–Crippen LogP) is 3.61. The maximum absolute atomic E-state index is 5.85. The number of nitrogens with zero attached hydrogens (tertiary/aromatic N) is 4. The monoisotopic (exact) mass is 388 g/mol. The van der Waals surface area contributed by atoms with Gasteiger partial charge in [0.2, 0.25) is 4.73 Å². The summed E-state index contributed by atoms with van der Waals surface area (Å²) in [5.41, 5.74) is 8.80. The molecule has 0 amide bonds. The Balaban J connectivity index is 1.73. The van der Waals surface area contributed by atoms with Gasteiger partial charge in [-0.2, -0.15) is 0 Å². The Labute approximate surface area is 147 Å². The minimum atomic E-state index is -0.0186. The molecule has 0 aliphatic carbocycles. The van der Waals surface area contributed by atoms with Crippen LogP contribution in [-0.4, -0.2) is 26.1 Å². The lowest BCUT2D eigenvalue weighted by molar-refractivity contribution is -0.0298. The summed E-state index contributed by atoms with van der Waals surface area (Å²) in [4.78, 5) is 13.4. The van der Waals surface area contributed by atoms with Crippen LogP contribution < -0.4 is 11.1 Å². The highest BCUT2D eigenvalue weighted by Crippen LogP contribution is 2.29. The van der Waals surface area contributed by atoms with Crippen LogP contribution in [-0.2, 0) is 4.74 Å². The second kappa shape index (κ2) is 6.37. The second-order valence-electron chi connectivity index (χ2n) is 5.73. The van der Waals surface area contributed by atoms with Crippen molar-refractivity contribution in [1.82, 2.24) is 19.5 Å². The van der Waals surface area contributed by atoms with E-state index in [0.29, 0.717) is 21.8 Å². The Morgan fingerprint density at radius 2 is 2.04 bits per heavy atom. The molecule has 3 N–H and O–H groups in total. The number of ether oxygens (including phenoxy) is 1. The molecule has 124 valence electrons. The summed E-state index contributed by atoms with van der Waals surface area (Å²) >= 11 is 3.39. The lowest BCUT2D eigenvalue weighted by Crippen LogP contribution is -2.17. The van der Waals surface area contributed by atoms with Crippen LogP contribution in [0.25, 0.3) is 11.2 Å². The number of hydrogen-bond donors (Lipinski definition) is 2. The fourth-order valence-corrected chi connectivity index (χ4v) is 3.18. The van der Waals surface area contributed by atoms with Crippen molar-refractivity contribution in [3.8, 4) is 0 Å². The molecule has 1 aromatic carbocycles. The molecular weight excluding hydrogens is 372 g/mol. The van der Waals surface area contributed by atoms with Crippen LogP contribution in [0.3, 0.4) is 0 Å². The van der Waals surface area contributed by atoms with Crippen molar-refractivity contribution in [3.05, 3.63) is 35.3 Å². The van der Waals surface area contributed by atoms with Crippen molar-refractivity contribution in [2.75, 3.05) is 17.7 Å². The number of imidazole rings is 1.